The molecule has 1 aliphatic heterocycles. The molecule has 0 spiro atoms. The average molecular weight is 225 g/mol. The highest BCUT2D eigenvalue weighted by atomic mass is 19.1. The second kappa shape index (κ2) is 4.70. The monoisotopic (exact) mass is 225 g/mol. The summed E-state index contributed by atoms with van der Waals surface area (Å²) in [7, 11) is 0. The van der Waals surface area contributed by atoms with Crippen molar-refractivity contribution in [3.05, 3.63) is 35.4 Å². The lowest BCUT2D eigenvalue weighted by Gasteiger charge is -2.13. The minimum absolute atomic E-state index is 0.00231. The van der Waals surface area contributed by atoms with Crippen LogP contribution in [0.3, 0.4) is 0 Å². The van der Waals surface area contributed by atoms with Crippen LogP contribution in [0, 0.1) is 11.6 Å². The fraction of sp³-hybridized carbons (Fsp3) is 0.417. The van der Waals surface area contributed by atoms with Gasteiger partial charge in [0.1, 0.15) is 11.6 Å². The van der Waals surface area contributed by atoms with Crippen LogP contribution in [0.25, 0.3) is 0 Å². The molecule has 0 aliphatic carbocycles. The summed E-state index contributed by atoms with van der Waals surface area (Å²) in [5, 5.41) is 2.99. The Labute approximate surface area is 92.7 Å². The molecule has 0 bridgehead atoms. The molecule has 2 nitrogen and oxygen atoms in total. The van der Waals surface area contributed by atoms with Crippen LogP contribution in [-0.2, 0) is 4.79 Å². The van der Waals surface area contributed by atoms with Gasteiger partial charge in [0.2, 0.25) is 0 Å². The number of ketones is 1. The Hall–Kier alpha value is -1.29. The van der Waals surface area contributed by atoms with Crippen LogP contribution < -0.4 is 5.32 Å². The predicted molar refractivity (Wildman–Crippen MR) is 56.2 cm³/mol. The summed E-state index contributed by atoms with van der Waals surface area (Å²) in [5.74, 6) is -1.62. The van der Waals surface area contributed by atoms with Crippen molar-refractivity contribution < 1.29 is 13.6 Å². The van der Waals surface area contributed by atoms with Crippen LogP contribution in [0.2, 0.25) is 0 Å². The van der Waals surface area contributed by atoms with Gasteiger partial charge in [0, 0.05) is 12.0 Å². The Balaban J connectivity index is 2.30. The molecule has 1 aromatic rings. The molecular formula is C12H13F2NO. The molecular weight excluding hydrogens is 212 g/mol. The first-order valence-corrected chi connectivity index (χ1v) is 5.36. The number of rotatable bonds is 1. The minimum atomic E-state index is -0.625. The first-order chi connectivity index (χ1) is 7.66. The zero-order valence-electron chi connectivity index (χ0n) is 8.80. The second-order valence-electron chi connectivity index (χ2n) is 4.04. The molecule has 0 saturated carbocycles. The standard InChI is InChI=1S/C12H13F2NO/c13-9-4-8(5-10(14)6-9)11-2-1-3-15-7-12(11)16/h4-6,11,15H,1-3,7H2. The van der Waals surface area contributed by atoms with Gasteiger partial charge in [-0.05, 0) is 37.1 Å². The highest BCUT2D eigenvalue weighted by Gasteiger charge is 2.23. The Morgan fingerprint density at radius 2 is 1.88 bits per heavy atom. The van der Waals surface area contributed by atoms with Gasteiger partial charge in [0.25, 0.3) is 0 Å². The molecule has 0 amide bonds. The van der Waals surface area contributed by atoms with Crippen LogP contribution in [0.15, 0.2) is 18.2 Å². The van der Waals surface area contributed by atoms with Crippen molar-refractivity contribution in [2.24, 2.45) is 0 Å². The fourth-order valence-electron chi connectivity index (χ4n) is 2.06. The van der Waals surface area contributed by atoms with Crippen molar-refractivity contribution in [1.82, 2.24) is 5.32 Å². The van der Waals surface area contributed by atoms with Gasteiger partial charge in [-0.2, -0.15) is 0 Å². The first kappa shape index (κ1) is 11.2. The summed E-state index contributed by atoms with van der Waals surface area (Å²) in [6, 6.07) is 3.32. The third-order valence-electron chi connectivity index (χ3n) is 2.82. The van der Waals surface area contributed by atoms with Crippen LogP contribution in [0.5, 0.6) is 0 Å². The van der Waals surface area contributed by atoms with E-state index in [2.05, 4.69) is 5.32 Å². The lowest BCUT2D eigenvalue weighted by Crippen LogP contribution is -2.23. The van der Waals surface area contributed by atoms with E-state index in [1.165, 1.54) is 12.1 Å². The van der Waals surface area contributed by atoms with Crippen LogP contribution in [-0.4, -0.2) is 18.9 Å². The van der Waals surface area contributed by atoms with Crippen molar-refractivity contribution in [2.75, 3.05) is 13.1 Å². The molecule has 16 heavy (non-hydrogen) atoms. The van der Waals surface area contributed by atoms with Gasteiger partial charge in [-0.15, -0.1) is 0 Å². The zero-order valence-corrected chi connectivity index (χ0v) is 8.80. The van der Waals surface area contributed by atoms with Crippen molar-refractivity contribution in [1.29, 1.82) is 0 Å². The van der Waals surface area contributed by atoms with Gasteiger partial charge in [-0.1, -0.05) is 0 Å². The topological polar surface area (TPSA) is 29.1 Å². The molecule has 0 radical (unpaired) electrons. The fourth-order valence-corrected chi connectivity index (χ4v) is 2.06. The minimum Gasteiger partial charge on any atom is -0.310 e. The van der Waals surface area contributed by atoms with E-state index >= 15 is 0 Å². The molecule has 1 heterocycles. The molecule has 86 valence electrons. The van der Waals surface area contributed by atoms with Gasteiger partial charge in [-0.3, -0.25) is 4.79 Å². The SMILES string of the molecule is O=C1CNCCCC1c1cc(F)cc(F)c1. The number of hydrogen-bond acceptors (Lipinski definition) is 2. The number of nitrogens with one attached hydrogen (secondary N) is 1. The molecule has 1 aromatic carbocycles. The maximum absolute atomic E-state index is 13.0. The van der Waals surface area contributed by atoms with E-state index in [0.717, 1.165) is 19.0 Å². The van der Waals surface area contributed by atoms with E-state index < -0.39 is 11.6 Å². The predicted octanol–water partition coefficient (Wildman–Crippen LogP) is 2.00. The summed E-state index contributed by atoms with van der Waals surface area (Å²) in [4.78, 5) is 11.7. The lowest BCUT2D eigenvalue weighted by atomic mass is 9.91. The largest absolute Gasteiger partial charge is 0.310 e. The molecule has 1 fully saturated rings. The third-order valence-corrected chi connectivity index (χ3v) is 2.82. The quantitative estimate of drug-likeness (QED) is 0.792. The van der Waals surface area contributed by atoms with Crippen molar-refractivity contribution in [3.63, 3.8) is 0 Å². The van der Waals surface area contributed by atoms with Gasteiger partial charge in [-0.25, -0.2) is 8.78 Å². The molecule has 1 aliphatic rings. The van der Waals surface area contributed by atoms with E-state index in [-0.39, 0.29) is 18.2 Å². The molecule has 1 saturated heterocycles. The van der Waals surface area contributed by atoms with Gasteiger partial charge >= 0.3 is 0 Å². The number of hydrogen-bond donors (Lipinski definition) is 1. The molecule has 1 unspecified atom stereocenters. The van der Waals surface area contributed by atoms with Gasteiger partial charge in [0.15, 0.2) is 5.78 Å². The highest BCUT2D eigenvalue weighted by molar-refractivity contribution is 5.87. The maximum Gasteiger partial charge on any atom is 0.154 e. The average Bonchev–Trinajstić information content (AvgIpc) is 2.41. The Morgan fingerprint density at radius 1 is 1.19 bits per heavy atom. The van der Waals surface area contributed by atoms with Crippen molar-refractivity contribution in [3.8, 4) is 0 Å². The Bertz CT molecular complexity index is 386. The highest BCUT2D eigenvalue weighted by Crippen LogP contribution is 2.25. The van der Waals surface area contributed by atoms with Crippen LogP contribution in [0.1, 0.15) is 24.3 Å². The van der Waals surface area contributed by atoms with E-state index in [9.17, 15) is 13.6 Å². The number of Topliss-reactive ketones (excluding diaryl/α,β-unsaturated/α-hetero) is 1. The lowest BCUT2D eigenvalue weighted by molar-refractivity contribution is -0.119. The number of carbonyl (C=O) groups is 1. The first-order valence-electron chi connectivity index (χ1n) is 5.36. The summed E-state index contributed by atoms with van der Waals surface area (Å²) >= 11 is 0. The molecule has 2 rings (SSSR count). The molecule has 0 aromatic heterocycles. The van der Waals surface area contributed by atoms with Crippen molar-refractivity contribution >= 4 is 5.78 Å². The van der Waals surface area contributed by atoms with E-state index in [1.54, 1.807) is 0 Å². The second-order valence-corrected chi connectivity index (χ2v) is 4.04. The molecule has 1 N–H and O–H groups in total. The maximum atomic E-state index is 13.0. The van der Waals surface area contributed by atoms with E-state index in [4.69, 9.17) is 0 Å². The third kappa shape index (κ3) is 2.44. The summed E-state index contributed by atoms with van der Waals surface area (Å²) in [6.07, 6.45) is 1.49. The van der Waals surface area contributed by atoms with Crippen LogP contribution >= 0.6 is 0 Å². The van der Waals surface area contributed by atoms with Crippen molar-refractivity contribution in [2.45, 2.75) is 18.8 Å². The summed E-state index contributed by atoms with van der Waals surface area (Å²) in [5.41, 5.74) is 0.450. The summed E-state index contributed by atoms with van der Waals surface area (Å²) in [6.45, 7) is 1.06. The summed E-state index contributed by atoms with van der Waals surface area (Å²) < 4.78 is 26.1. The molecule has 4 heteroatoms. The normalized spacial score (nSPS) is 21.9. The Kier molecular flexibility index (Phi) is 3.29. The number of carbonyl (C=O) groups excluding carboxylic acids is 1. The Morgan fingerprint density at radius 3 is 2.56 bits per heavy atom. The van der Waals surface area contributed by atoms with E-state index in [0.29, 0.717) is 12.0 Å². The van der Waals surface area contributed by atoms with E-state index in [1.807, 2.05) is 0 Å². The number of halogens is 2. The van der Waals surface area contributed by atoms with Gasteiger partial charge in [0.05, 0.1) is 6.54 Å². The molecule has 1 atom stereocenters. The zero-order chi connectivity index (χ0) is 11.5. The smallest absolute Gasteiger partial charge is 0.154 e. The van der Waals surface area contributed by atoms with Gasteiger partial charge < -0.3 is 5.32 Å². The van der Waals surface area contributed by atoms with Crippen LogP contribution in [0.4, 0.5) is 8.78 Å². The number of benzene rings is 1.